The van der Waals surface area contributed by atoms with Crippen LogP contribution in [0.25, 0.3) is 0 Å². The van der Waals surface area contributed by atoms with E-state index < -0.39 is 5.62 Å². The molecule has 5 nitrogen and oxygen atoms in total. The summed E-state index contributed by atoms with van der Waals surface area (Å²) in [6, 6.07) is 0. The maximum absolute atomic E-state index is 5.99. The van der Waals surface area contributed by atoms with E-state index in [2.05, 4.69) is 9.98 Å². The minimum absolute atomic E-state index is 0.367. The second-order valence-electron chi connectivity index (χ2n) is 3.33. The van der Waals surface area contributed by atoms with Gasteiger partial charge in [0.15, 0.2) is 0 Å². The van der Waals surface area contributed by atoms with Gasteiger partial charge in [-0.05, 0) is 11.6 Å². The Morgan fingerprint density at radius 2 is 2.07 bits per heavy atom. The van der Waals surface area contributed by atoms with Gasteiger partial charge < -0.3 is 14.5 Å². The first kappa shape index (κ1) is 11.0. The van der Waals surface area contributed by atoms with Gasteiger partial charge in [0.25, 0.3) is 0 Å². The number of amidine groups is 1. The van der Waals surface area contributed by atoms with E-state index in [9.17, 15) is 0 Å². The highest BCUT2D eigenvalue weighted by atomic mass is 35.5. The van der Waals surface area contributed by atoms with E-state index in [4.69, 9.17) is 27.9 Å². The van der Waals surface area contributed by atoms with Crippen LogP contribution in [0, 0.1) is 0 Å². The zero-order valence-corrected chi connectivity index (χ0v) is 9.87. The molecule has 0 aliphatic carbocycles. The number of alkyl halides is 1. The Morgan fingerprint density at radius 3 is 2.67 bits per heavy atom. The summed E-state index contributed by atoms with van der Waals surface area (Å²) in [5.41, 5.74) is -0.479. The number of halogens is 2. The van der Waals surface area contributed by atoms with Crippen LogP contribution in [0.15, 0.2) is 9.98 Å². The van der Waals surface area contributed by atoms with Gasteiger partial charge in [-0.3, -0.25) is 0 Å². The Kier molecular flexibility index (Phi) is 3.33. The van der Waals surface area contributed by atoms with Crippen LogP contribution in [0.4, 0.5) is 0 Å². The van der Waals surface area contributed by atoms with Gasteiger partial charge in [-0.1, -0.05) is 11.6 Å². The first-order valence-corrected chi connectivity index (χ1v) is 5.51. The van der Waals surface area contributed by atoms with Crippen LogP contribution in [0.3, 0.4) is 0 Å². The molecule has 0 aromatic heterocycles. The van der Waals surface area contributed by atoms with Gasteiger partial charge in [-0.2, -0.15) is 4.99 Å². The Balaban J connectivity index is 2.12. The standard InChI is InChI=1S/C8H12Cl2N4O/c1-13-6(9)11-8(12-7(13)10)14-2-4-15-5-3-14/h6H,2-5H2,1H3. The molecule has 0 N–H and O–H groups in total. The van der Waals surface area contributed by atoms with E-state index >= 15 is 0 Å². The van der Waals surface area contributed by atoms with Crippen molar-refractivity contribution in [1.82, 2.24) is 9.80 Å². The molecule has 0 aromatic rings. The molecule has 0 radical (unpaired) electrons. The maximum atomic E-state index is 5.99. The lowest BCUT2D eigenvalue weighted by atomic mass is 10.4. The van der Waals surface area contributed by atoms with E-state index in [0.29, 0.717) is 24.5 Å². The molecule has 2 rings (SSSR count). The predicted molar refractivity (Wildman–Crippen MR) is 60.5 cm³/mol. The van der Waals surface area contributed by atoms with E-state index in [1.165, 1.54) is 0 Å². The average molecular weight is 251 g/mol. The van der Waals surface area contributed by atoms with Crippen LogP contribution in [0.5, 0.6) is 0 Å². The van der Waals surface area contributed by atoms with Gasteiger partial charge in [0.05, 0.1) is 13.2 Å². The first-order valence-electron chi connectivity index (χ1n) is 4.70. The smallest absolute Gasteiger partial charge is 0.226 e. The number of aliphatic imine (C=N–C) groups is 2. The lowest BCUT2D eigenvalue weighted by Crippen LogP contribution is -2.44. The fraction of sp³-hybridized carbons (Fsp3) is 0.750. The monoisotopic (exact) mass is 250 g/mol. The second-order valence-corrected chi connectivity index (χ2v) is 4.06. The summed E-state index contributed by atoms with van der Waals surface area (Å²) in [4.78, 5) is 12.1. The largest absolute Gasteiger partial charge is 0.378 e. The zero-order valence-electron chi connectivity index (χ0n) is 8.36. The fourth-order valence-electron chi connectivity index (χ4n) is 1.38. The van der Waals surface area contributed by atoms with Crippen LogP contribution < -0.4 is 0 Å². The van der Waals surface area contributed by atoms with E-state index in [1.807, 2.05) is 4.90 Å². The van der Waals surface area contributed by atoms with Gasteiger partial charge in [0.2, 0.25) is 16.9 Å². The van der Waals surface area contributed by atoms with Crippen molar-refractivity contribution < 1.29 is 4.74 Å². The molecular formula is C8H12Cl2N4O. The number of morpholine rings is 1. The normalized spacial score (nSPS) is 27.5. The summed E-state index contributed by atoms with van der Waals surface area (Å²) in [5, 5.41) is 0.367. The average Bonchev–Trinajstić information content (AvgIpc) is 2.26. The van der Waals surface area contributed by atoms with E-state index in [-0.39, 0.29) is 0 Å². The molecule has 0 aromatic carbocycles. The molecule has 15 heavy (non-hydrogen) atoms. The molecule has 84 valence electrons. The highest BCUT2D eigenvalue weighted by Crippen LogP contribution is 2.15. The maximum Gasteiger partial charge on any atom is 0.226 e. The Morgan fingerprint density at radius 1 is 1.40 bits per heavy atom. The molecule has 1 unspecified atom stereocenters. The summed E-state index contributed by atoms with van der Waals surface area (Å²) in [5.74, 6) is 0.599. The summed E-state index contributed by atoms with van der Waals surface area (Å²) < 4.78 is 5.24. The van der Waals surface area contributed by atoms with Gasteiger partial charge in [0, 0.05) is 20.1 Å². The van der Waals surface area contributed by atoms with Gasteiger partial charge in [0.1, 0.15) is 0 Å². The molecule has 0 bridgehead atoms. The Bertz CT molecular complexity index is 301. The number of rotatable bonds is 0. The molecule has 1 fully saturated rings. The first-order chi connectivity index (χ1) is 7.18. The van der Waals surface area contributed by atoms with Gasteiger partial charge in [-0.15, -0.1) is 0 Å². The summed E-state index contributed by atoms with van der Waals surface area (Å²) in [6.45, 7) is 2.93. The Labute approximate surface area is 98.3 Å². The van der Waals surface area contributed by atoms with Crippen molar-refractivity contribution >= 4 is 34.5 Å². The molecule has 2 aliphatic heterocycles. The van der Waals surface area contributed by atoms with E-state index in [1.54, 1.807) is 11.9 Å². The highest BCUT2D eigenvalue weighted by molar-refractivity contribution is 6.65. The zero-order chi connectivity index (χ0) is 10.8. The second kappa shape index (κ2) is 4.55. The third-order valence-corrected chi connectivity index (χ3v) is 3.06. The molecule has 0 saturated carbocycles. The van der Waals surface area contributed by atoms with Crippen molar-refractivity contribution in [3.63, 3.8) is 0 Å². The predicted octanol–water partition coefficient (Wildman–Crippen LogP) is 0.737. The van der Waals surface area contributed by atoms with Crippen LogP contribution in [-0.2, 0) is 4.74 Å². The molecular weight excluding hydrogens is 239 g/mol. The third kappa shape index (κ3) is 2.35. The molecule has 7 heteroatoms. The van der Waals surface area contributed by atoms with Crippen molar-refractivity contribution in [2.45, 2.75) is 5.62 Å². The lowest BCUT2D eigenvalue weighted by Gasteiger charge is -2.32. The molecule has 0 spiro atoms. The van der Waals surface area contributed by atoms with Gasteiger partial charge in [-0.25, -0.2) is 4.99 Å². The topological polar surface area (TPSA) is 40.4 Å². The summed E-state index contributed by atoms with van der Waals surface area (Å²) in [6.07, 6.45) is 0. The summed E-state index contributed by atoms with van der Waals surface area (Å²) in [7, 11) is 1.75. The fourth-order valence-corrected chi connectivity index (χ4v) is 1.77. The van der Waals surface area contributed by atoms with E-state index in [0.717, 1.165) is 13.1 Å². The molecule has 2 heterocycles. The highest BCUT2D eigenvalue weighted by Gasteiger charge is 2.24. The lowest BCUT2D eigenvalue weighted by molar-refractivity contribution is 0.0671. The SMILES string of the molecule is CN1C(Cl)=NC(N2CCOCC2)=NC1Cl. The molecule has 0 amide bonds. The van der Waals surface area contributed by atoms with Crippen LogP contribution in [-0.4, -0.2) is 60.0 Å². The van der Waals surface area contributed by atoms with Crippen LogP contribution in [0.2, 0.25) is 0 Å². The molecule has 1 atom stereocenters. The van der Waals surface area contributed by atoms with Crippen molar-refractivity contribution in [1.29, 1.82) is 0 Å². The summed E-state index contributed by atoms with van der Waals surface area (Å²) >= 11 is 11.9. The number of nitrogens with zero attached hydrogens (tertiary/aromatic N) is 4. The molecule has 2 aliphatic rings. The third-order valence-electron chi connectivity index (χ3n) is 2.32. The number of hydrogen-bond donors (Lipinski definition) is 0. The van der Waals surface area contributed by atoms with Crippen molar-refractivity contribution in [2.75, 3.05) is 33.4 Å². The number of guanidine groups is 1. The van der Waals surface area contributed by atoms with Crippen molar-refractivity contribution in [2.24, 2.45) is 9.98 Å². The minimum atomic E-state index is -0.479. The Hall–Kier alpha value is -0.520. The van der Waals surface area contributed by atoms with Crippen molar-refractivity contribution in [3.05, 3.63) is 0 Å². The van der Waals surface area contributed by atoms with Crippen LogP contribution in [0.1, 0.15) is 0 Å². The van der Waals surface area contributed by atoms with Crippen molar-refractivity contribution in [3.8, 4) is 0 Å². The number of hydrogen-bond acceptors (Lipinski definition) is 5. The number of ether oxygens (including phenoxy) is 1. The van der Waals surface area contributed by atoms with Gasteiger partial charge >= 0.3 is 0 Å². The minimum Gasteiger partial charge on any atom is -0.378 e. The molecule has 1 saturated heterocycles. The quantitative estimate of drug-likeness (QED) is 0.471. The van der Waals surface area contributed by atoms with Crippen LogP contribution >= 0.6 is 23.2 Å².